The van der Waals surface area contributed by atoms with E-state index in [4.69, 9.17) is 13.6 Å². The number of piperidine rings is 1. The number of carbonyl (C=O) groups is 1. The summed E-state index contributed by atoms with van der Waals surface area (Å²) in [5, 5.41) is 0. The van der Waals surface area contributed by atoms with E-state index in [1.54, 1.807) is 6.92 Å². The van der Waals surface area contributed by atoms with Crippen LogP contribution in [0.3, 0.4) is 0 Å². The summed E-state index contributed by atoms with van der Waals surface area (Å²) in [5.74, 6) is 0.160. The van der Waals surface area contributed by atoms with Gasteiger partial charge in [0, 0.05) is 18.7 Å². The van der Waals surface area contributed by atoms with Crippen molar-refractivity contribution in [2.45, 2.75) is 72.3 Å². The number of phosphoric acid groups is 1. The zero-order chi connectivity index (χ0) is 18.0. The van der Waals surface area contributed by atoms with E-state index in [0.29, 0.717) is 12.8 Å². The standard InChI is InChI=1S/C17H32NO5P/c1-5-12-21-24(20,22-13-6-2)23-15(4)14-17(19)18-11-9-8-10-16(18)7-3/h14,16H,5-13H2,1-4H3. The second-order valence-corrected chi connectivity index (χ2v) is 7.64. The van der Waals surface area contributed by atoms with Gasteiger partial charge in [-0.2, -0.15) is 0 Å². The fourth-order valence-corrected chi connectivity index (χ4v) is 4.07. The minimum atomic E-state index is -3.67. The van der Waals surface area contributed by atoms with Gasteiger partial charge in [-0.15, -0.1) is 0 Å². The van der Waals surface area contributed by atoms with Gasteiger partial charge in [-0.3, -0.25) is 13.8 Å². The third kappa shape index (κ3) is 6.96. The molecule has 1 atom stereocenters. The monoisotopic (exact) mass is 361 g/mol. The predicted octanol–water partition coefficient (Wildman–Crippen LogP) is 4.66. The van der Waals surface area contributed by atoms with Crippen molar-refractivity contribution in [3.8, 4) is 0 Å². The van der Waals surface area contributed by atoms with E-state index in [9.17, 15) is 9.36 Å². The van der Waals surface area contributed by atoms with Crippen molar-refractivity contribution in [1.82, 2.24) is 4.90 Å². The van der Waals surface area contributed by atoms with E-state index in [2.05, 4.69) is 6.92 Å². The van der Waals surface area contributed by atoms with Crippen molar-refractivity contribution in [1.29, 1.82) is 0 Å². The summed E-state index contributed by atoms with van der Waals surface area (Å²) in [4.78, 5) is 14.4. The van der Waals surface area contributed by atoms with Gasteiger partial charge < -0.3 is 9.42 Å². The molecule has 1 fully saturated rings. The molecular weight excluding hydrogens is 329 g/mol. The molecule has 1 heterocycles. The van der Waals surface area contributed by atoms with E-state index >= 15 is 0 Å². The lowest BCUT2D eigenvalue weighted by molar-refractivity contribution is -0.129. The van der Waals surface area contributed by atoms with Gasteiger partial charge in [0.25, 0.3) is 0 Å². The zero-order valence-corrected chi connectivity index (χ0v) is 16.3. The topological polar surface area (TPSA) is 65.1 Å². The number of amides is 1. The quantitative estimate of drug-likeness (QED) is 0.322. The number of hydrogen-bond donors (Lipinski definition) is 0. The van der Waals surface area contributed by atoms with Crippen LogP contribution in [-0.2, 0) is 22.9 Å². The predicted molar refractivity (Wildman–Crippen MR) is 94.6 cm³/mol. The van der Waals surface area contributed by atoms with Gasteiger partial charge in [-0.25, -0.2) is 4.57 Å². The molecular formula is C17H32NO5P. The zero-order valence-electron chi connectivity index (χ0n) is 15.5. The van der Waals surface area contributed by atoms with Gasteiger partial charge in [0.1, 0.15) is 5.76 Å². The summed E-state index contributed by atoms with van der Waals surface area (Å²) in [7, 11) is -3.67. The highest BCUT2D eigenvalue weighted by molar-refractivity contribution is 7.48. The Morgan fingerprint density at radius 3 is 2.33 bits per heavy atom. The SMILES string of the molecule is CCCOP(=O)(OCCC)OC(C)=CC(=O)N1CCCCC1CC. The summed E-state index contributed by atoms with van der Waals surface area (Å²) < 4.78 is 28.5. The van der Waals surface area contributed by atoms with Crippen LogP contribution in [0.4, 0.5) is 0 Å². The molecule has 0 aliphatic carbocycles. The van der Waals surface area contributed by atoms with Crippen molar-refractivity contribution in [2.75, 3.05) is 19.8 Å². The summed E-state index contributed by atoms with van der Waals surface area (Å²) in [6, 6.07) is 0.273. The molecule has 0 aromatic heterocycles. The first-order valence-corrected chi connectivity index (χ1v) is 10.5. The lowest BCUT2D eigenvalue weighted by Gasteiger charge is -2.34. The summed E-state index contributed by atoms with van der Waals surface area (Å²) in [6.45, 7) is 8.86. The molecule has 1 rings (SSSR count). The number of rotatable bonds is 10. The Morgan fingerprint density at radius 2 is 1.79 bits per heavy atom. The maximum atomic E-state index is 12.6. The first-order chi connectivity index (χ1) is 11.5. The van der Waals surface area contributed by atoms with Crippen LogP contribution in [0, 0.1) is 0 Å². The highest BCUT2D eigenvalue weighted by atomic mass is 31.2. The fourth-order valence-electron chi connectivity index (χ4n) is 2.67. The molecule has 1 unspecified atom stereocenters. The average molecular weight is 361 g/mol. The molecule has 0 aromatic carbocycles. The Bertz CT molecular complexity index is 454. The maximum Gasteiger partial charge on any atom is 0.529 e. The van der Waals surface area contributed by atoms with Crippen molar-refractivity contribution in [3.63, 3.8) is 0 Å². The fraction of sp³-hybridized carbons (Fsp3) is 0.824. The number of allylic oxidation sites excluding steroid dienone is 1. The second-order valence-electron chi connectivity index (χ2n) is 6.05. The average Bonchev–Trinajstić information content (AvgIpc) is 2.58. The molecule has 140 valence electrons. The third-order valence-corrected chi connectivity index (χ3v) is 5.38. The van der Waals surface area contributed by atoms with Crippen molar-refractivity contribution >= 4 is 13.7 Å². The molecule has 0 bridgehead atoms. The van der Waals surface area contributed by atoms with E-state index in [0.717, 1.165) is 32.2 Å². The van der Waals surface area contributed by atoms with Crippen LogP contribution in [0.25, 0.3) is 0 Å². The Labute approximate surface area is 146 Å². The summed E-state index contributed by atoms with van der Waals surface area (Å²) in [6.07, 6.45) is 6.96. The molecule has 0 spiro atoms. The van der Waals surface area contributed by atoms with Gasteiger partial charge in [0.2, 0.25) is 5.91 Å². The van der Waals surface area contributed by atoms with Crippen molar-refractivity contribution in [2.24, 2.45) is 0 Å². The van der Waals surface area contributed by atoms with Crippen LogP contribution in [0.1, 0.15) is 66.2 Å². The van der Waals surface area contributed by atoms with Crippen LogP contribution in [-0.4, -0.2) is 36.6 Å². The minimum Gasteiger partial charge on any atom is -0.409 e. The second kappa shape index (κ2) is 10.9. The molecule has 0 N–H and O–H groups in total. The Morgan fingerprint density at radius 1 is 1.17 bits per heavy atom. The largest absolute Gasteiger partial charge is 0.529 e. The summed E-state index contributed by atoms with van der Waals surface area (Å²) >= 11 is 0. The number of likely N-dealkylation sites (tertiary alicyclic amines) is 1. The molecule has 0 radical (unpaired) electrons. The number of hydrogen-bond acceptors (Lipinski definition) is 5. The van der Waals surface area contributed by atoms with E-state index in [1.165, 1.54) is 6.08 Å². The smallest absolute Gasteiger partial charge is 0.409 e. The van der Waals surface area contributed by atoms with Gasteiger partial charge in [-0.1, -0.05) is 20.8 Å². The first-order valence-electron chi connectivity index (χ1n) is 9.03. The Balaban J connectivity index is 2.73. The molecule has 1 aliphatic rings. The third-order valence-electron chi connectivity index (χ3n) is 3.87. The van der Waals surface area contributed by atoms with Gasteiger partial charge >= 0.3 is 7.82 Å². The van der Waals surface area contributed by atoms with Gasteiger partial charge in [0.15, 0.2) is 0 Å². The van der Waals surface area contributed by atoms with Gasteiger partial charge in [-0.05, 0) is 45.4 Å². The Kier molecular flexibility index (Phi) is 9.64. The number of carbonyl (C=O) groups excluding carboxylic acids is 1. The molecule has 1 saturated heterocycles. The van der Waals surface area contributed by atoms with Crippen LogP contribution in [0.2, 0.25) is 0 Å². The van der Waals surface area contributed by atoms with Crippen molar-refractivity contribution < 1.29 is 22.9 Å². The molecule has 0 aromatic rings. The van der Waals surface area contributed by atoms with E-state index in [-0.39, 0.29) is 30.9 Å². The lowest BCUT2D eigenvalue weighted by Crippen LogP contribution is -2.42. The molecule has 1 aliphatic heterocycles. The van der Waals surface area contributed by atoms with E-state index < -0.39 is 7.82 Å². The molecule has 7 heteroatoms. The molecule has 24 heavy (non-hydrogen) atoms. The van der Waals surface area contributed by atoms with E-state index in [1.807, 2.05) is 18.7 Å². The minimum absolute atomic E-state index is 0.100. The summed E-state index contributed by atoms with van der Waals surface area (Å²) in [5.41, 5.74) is 0. The molecule has 6 nitrogen and oxygen atoms in total. The van der Waals surface area contributed by atoms with Crippen LogP contribution >= 0.6 is 7.82 Å². The van der Waals surface area contributed by atoms with Gasteiger partial charge in [0.05, 0.1) is 13.2 Å². The highest BCUT2D eigenvalue weighted by Gasteiger charge is 2.29. The van der Waals surface area contributed by atoms with Crippen LogP contribution in [0.5, 0.6) is 0 Å². The highest BCUT2D eigenvalue weighted by Crippen LogP contribution is 2.51. The van der Waals surface area contributed by atoms with Crippen LogP contribution < -0.4 is 0 Å². The van der Waals surface area contributed by atoms with Crippen molar-refractivity contribution in [3.05, 3.63) is 11.8 Å². The first kappa shape index (κ1) is 21.2. The lowest BCUT2D eigenvalue weighted by atomic mass is 10.00. The van der Waals surface area contributed by atoms with Crippen LogP contribution in [0.15, 0.2) is 11.8 Å². The molecule has 0 saturated carbocycles. The number of nitrogens with zero attached hydrogens (tertiary/aromatic N) is 1. The maximum absolute atomic E-state index is 12.6. The normalized spacial score (nSPS) is 19.4. The number of phosphoric ester groups is 1. The Hall–Kier alpha value is -0.840. The molecule has 1 amide bonds.